The molecule has 0 spiro atoms. The van der Waals surface area contributed by atoms with Crippen LogP contribution in [0.2, 0.25) is 0 Å². The number of hydrogen-bond acceptors (Lipinski definition) is 4. The van der Waals surface area contributed by atoms with Crippen molar-refractivity contribution in [2.24, 2.45) is 5.92 Å². The number of nitrogens with one attached hydrogen (secondary N) is 1. The van der Waals surface area contributed by atoms with Crippen molar-refractivity contribution in [1.29, 1.82) is 0 Å². The number of benzene rings is 1. The highest BCUT2D eigenvalue weighted by Gasteiger charge is 2.35. The van der Waals surface area contributed by atoms with E-state index in [1.807, 2.05) is 66.7 Å². The standard InChI is InChI=1S/C20H28N4O3.C2H6/c1-6-24(15-7-8-17-16(11-15)13(2)21-22-17)18(25)14-9-10-23(12-14)19(26)27-20(3,4)5;1-2/h7-8,11,14H,6,9-10,12H2,1-5H3,(H,21,22);1-2H3. The molecule has 7 heteroatoms. The Balaban J connectivity index is 0.00000145. The van der Waals surface area contributed by atoms with Crippen LogP contribution in [-0.2, 0) is 9.53 Å². The molecule has 1 aliphatic heterocycles. The fraction of sp³-hybridized carbons (Fsp3) is 0.591. The summed E-state index contributed by atoms with van der Waals surface area (Å²) < 4.78 is 5.43. The average Bonchev–Trinajstić information content (AvgIpc) is 3.30. The molecule has 1 aliphatic rings. The summed E-state index contributed by atoms with van der Waals surface area (Å²) in [4.78, 5) is 28.8. The summed E-state index contributed by atoms with van der Waals surface area (Å²) in [5.74, 6) is -0.164. The lowest BCUT2D eigenvalue weighted by Crippen LogP contribution is -2.39. The highest BCUT2D eigenvalue weighted by atomic mass is 16.6. The number of H-pyrrole nitrogens is 1. The first kappa shape index (κ1) is 22.7. The number of likely N-dealkylation sites (tertiary alicyclic amines) is 1. The van der Waals surface area contributed by atoms with Gasteiger partial charge < -0.3 is 14.5 Å². The maximum absolute atomic E-state index is 13.1. The molecule has 1 saturated heterocycles. The van der Waals surface area contributed by atoms with E-state index in [1.165, 1.54) is 0 Å². The second kappa shape index (κ2) is 9.29. The number of nitrogens with zero attached hydrogens (tertiary/aromatic N) is 3. The molecule has 1 N–H and O–H groups in total. The fourth-order valence-corrected chi connectivity index (χ4v) is 3.43. The van der Waals surface area contributed by atoms with Gasteiger partial charge in [0.2, 0.25) is 5.91 Å². The number of hydrogen-bond donors (Lipinski definition) is 1. The van der Waals surface area contributed by atoms with Crippen LogP contribution in [0.1, 0.15) is 53.7 Å². The van der Waals surface area contributed by atoms with Crippen molar-refractivity contribution in [2.45, 2.75) is 60.5 Å². The molecular formula is C22H34N4O3. The summed E-state index contributed by atoms with van der Waals surface area (Å²) >= 11 is 0. The van der Waals surface area contributed by atoms with Crippen molar-refractivity contribution < 1.29 is 14.3 Å². The van der Waals surface area contributed by atoms with Gasteiger partial charge in [0, 0.05) is 36.4 Å². The van der Waals surface area contributed by atoms with Gasteiger partial charge in [-0.25, -0.2) is 4.79 Å². The number of ether oxygens (including phenoxy) is 1. The molecule has 3 rings (SSSR count). The van der Waals surface area contributed by atoms with Gasteiger partial charge in [-0.3, -0.25) is 9.89 Å². The molecule has 0 aliphatic carbocycles. The number of carbonyl (C=O) groups is 2. The lowest BCUT2D eigenvalue weighted by molar-refractivity contribution is -0.121. The molecule has 29 heavy (non-hydrogen) atoms. The molecule has 2 amide bonds. The highest BCUT2D eigenvalue weighted by Crippen LogP contribution is 2.27. The molecule has 7 nitrogen and oxygen atoms in total. The van der Waals surface area contributed by atoms with Gasteiger partial charge in [-0.2, -0.15) is 5.10 Å². The molecule has 2 heterocycles. The van der Waals surface area contributed by atoms with Crippen LogP contribution in [0.5, 0.6) is 0 Å². The molecule has 1 atom stereocenters. The second-order valence-corrected chi connectivity index (χ2v) is 8.04. The number of fused-ring (bicyclic) bond motifs is 1. The molecule has 0 radical (unpaired) electrons. The van der Waals surface area contributed by atoms with E-state index in [-0.39, 0.29) is 17.9 Å². The number of carbonyl (C=O) groups excluding carboxylic acids is 2. The van der Waals surface area contributed by atoms with Gasteiger partial charge in [-0.1, -0.05) is 13.8 Å². The molecule has 1 fully saturated rings. The predicted octanol–water partition coefficient (Wildman–Crippen LogP) is 4.51. The molecule has 1 aromatic carbocycles. The number of aromatic nitrogens is 2. The molecule has 0 bridgehead atoms. The third kappa shape index (κ3) is 5.28. The van der Waals surface area contributed by atoms with E-state index in [0.29, 0.717) is 26.1 Å². The van der Waals surface area contributed by atoms with Crippen LogP contribution in [0.25, 0.3) is 10.9 Å². The zero-order chi connectivity index (χ0) is 21.8. The smallest absolute Gasteiger partial charge is 0.410 e. The first-order chi connectivity index (χ1) is 13.7. The van der Waals surface area contributed by atoms with Crippen LogP contribution in [0, 0.1) is 12.8 Å². The number of aryl methyl sites for hydroxylation is 1. The van der Waals surface area contributed by atoms with E-state index in [1.54, 1.807) is 9.80 Å². The number of amides is 2. The average molecular weight is 403 g/mol. The number of aromatic amines is 1. The van der Waals surface area contributed by atoms with Gasteiger partial charge in [0.25, 0.3) is 0 Å². The molecular weight excluding hydrogens is 368 g/mol. The van der Waals surface area contributed by atoms with E-state index in [0.717, 1.165) is 22.3 Å². The lowest BCUT2D eigenvalue weighted by Gasteiger charge is -2.26. The third-order valence-electron chi connectivity index (χ3n) is 4.81. The Bertz CT molecular complexity index is 853. The van der Waals surface area contributed by atoms with Gasteiger partial charge in [0.15, 0.2) is 0 Å². The quantitative estimate of drug-likeness (QED) is 0.819. The molecule has 2 aromatic rings. The van der Waals surface area contributed by atoms with Crippen molar-refractivity contribution in [3.05, 3.63) is 23.9 Å². The normalized spacial score (nSPS) is 16.4. The Kier molecular flexibility index (Phi) is 7.27. The van der Waals surface area contributed by atoms with Crippen LogP contribution in [0.3, 0.4) is 0 Å². The van der Waals surface area contributed by atoms with E-state index in [2.05, 4.69) is 10.2 Å². The minimum absolute atomic E-state index is 0.0454. The molecule has 1 unspecified atom stereocenters. The van der Waals surface area contributed by atoms with Crippen molar-refractivity contribution >= 4 is 28.6 Å². The zero-order valence-electron chi connectivity index (χ0n) is 18.7. The van der Waals surface area contributed by atoms with Crippen LogP contribution < -0.4 is 4.90 Å². The van der Waals surface area contributed by atoms with Gasteiger partial charge in [-0.15, -0.1) is 0 Å². The highest BCUT2D eigenvalue weighted by molar-refractivity contribution is 5.98. The zero-order valence-corrected chi connectivity index (χ0v) is 18.7. The van der Waals surface area contributed by atoms with Gasteiger partial charge in [0.05, 0.1) is 11.4 Å². The molecule has 0 saturated carbocycles. The first-order valence-corrected chi connectivity index (χ1v) is 10.4. The monoisotopic (exact) mass is 402 g/mol. The summed E-state index contributed by atoms with van der Waals surface area (Å²) in [6.07, 6.45) is 0.304. The molecule has 160 valence electrons. The minimum atomic E-state index is -0.535. The van der Waals surface area contributed by atoms with Crippen LogP contribution in [0.4, 0.5) is 10.5 Å². The van der Waals surface area contributed by atoms with E-state index in [4.69, 9.17) is 4.74 Å². The van der Waals surface area contributed by atoms with Crippen molar-refractivity contribution in [1.82, 2.24) is 15.1 Å². The summed E-state index contributed by atoms with van der Waals surface area (Å²) in [7, 11) is 0. The Morgan fingerprint density at radius 2 is 2.00 bits per heavy atom. The lowest BCUT2D eigenvalue weighted by atomic mass is 10.1. The predicted molar refractivity (Wildman–Crippen MR) is 116 cm³/mol. The summed E-state index contributed by atoms with van der Waals surface area (Å²) in [5, 5.41) is 8.22. The fourth-order valence-electron chi connectivity index (χ4n) is 3.43. The summed E-state index contributed by atoms with van der Waals surface area (Å²) in [6, 6.07) is 5.84. The van der Waals surface area contributed by atoms with Gasteiger partial charge in [0.1, 0.15) is 5.60 Å². The van der Waals surface area contributed by atoms with Gasteiger partial charge >= 0.3 is 6.09 Å². The molecule has 1 aromatic heterocycles. The maximum Gasteiger partial charge on any atom is 0.410 e. The van der Waals surface area contributed by atoms with Crippen molar-refractivity contribution in [2.75, 3.05) is 24.5 Å². The number of anilines is 1. The third-order valence-corrected chi connectivity index (χ3v) is 4.81. The van der Waals surface area contributed by atoms with Crippen LogP contribution in [-0.4, -0.2) is 52.3 Å². The Morgan fingerprint density at radius 1 is 1.31 bits per heavy atom. The topological polar surface area (TPSA) is 78.5 Å². The van der Waals surface area contributed by atoms with E-state index in [9.17, 15) is 9.59 Å². The van der Waals surface area contributed by atoms with Crippen LogP contribution in [0.15, 0.2) is 18.2 Å². The second-order valence-electron chi connectivity index (χ2n) is 8.04. The maximum atomic E-state index is 13.1. The van der Waals surface area contributed by atoms with E-state index < -0.39 is 5.60 Å². The van der Waals surface area contributed by atoms with E-state index >= 15 is 0 Å². The Morgan fingerprint density at radius 3 is 2.62 bits per heavy atom. The van der Waals surface area contributed by atoms with Crippen molar-refractivity contribution in [3.63, 3.8) is 0 Å². The van der Waals surface area contributed by atoms with Crippen LogP contribution >= 0.6 is 0 Å². The summed E-state index contributed by atoms with van der Waals surface area (Å²) in [5.41, 5.74) is 2.19. The summed E-state index contributed by atoms with van der Waals surface area (Å²) in [6.45, 7) is 15.0. The minimum Gasteiger partial charge on any atom is -0.444 e. The number of rotatable bonds is 3. The Labute approximate surface area is 173 Å². The van der Waals surface area contributed by atoms with Crippen molar-refractivity contribution in [3.8, 4) is 0 Å². The SMILES string of the molecule is CC.CCN(C(=O)C1CCN(C(=O)OC(C)(C)C)C1)c1ccc2n[nH]c(C)c2c1. The Hall–Kier alpha value is -2.57. The largest absolute Gasteiger partial charge is 0.444 e. The van der Waals surface area contributed by atoms with Gasteiger partial charge in [-0.05, 0) is 59.2 Å². The first-order valence-electron chi connectivity index (χ1n) is 10.4.